The lowest BCUT2D eigenvalue weighted by molar-refractivity contribution is 0.269. The second kappa shape index (κ2) is 7.66. The van der Waals surface area contributed by atoms with E-state index in [-0.39, 0.29) is 4.90 Å². The van der Waals surface area contributed by atoms with Gasteiger partial charge in [-0.3, -0.25) is 0 Å². The molecule has 1 aromatic carbocycles. The zero-order valence-corrected chi connectivity index (χ0v) is 14.2. The van der Waals surface area contributed by atoms with Crippen molar-refractivity contribution in [2.24, 2.45) is 0 Å². The number of nitrogens with zero attached hydrogens (tertiary/aromatic N) is 1. The van der Waals surface area contributed by atoms with Crippen LogP contribution in [-0.4, -0.2) is 45.8 Å². The van der Waals surface area contributed by atoms with Crippen LogP contribution in [0.1, 0.15) is 26.7 Å². The van der Waals surface area contributed by atoms with Crippen molar-refractivity contribution in [2.75, 3.05) is 37.4 Å². The molecule has 120 valence electrons. The van der Waals surface area contributed by atoms with Crippen LogP contribution in [0.25, 0.3) is 0 Å². The molecule has 0 radical (unpaired) electrons. The van der Waals surface area contributed by atoms with Gasteiger partial charge in [0.1, 0.15) is 0 Å². The fraction of sp³-hybridized carbons (Fsp3) is 0.600. The summed E-state index contributed by atoms with van der Waals surface area (Å²) in [4.78, 5) is 2.57. The average Bonchev–Trinajstić information content (AvgIpc) is 2.38. The van der Waals surface area contributed by atoms with Gasteiger partial charge in [-0.1, -0.05) is 0 Å². The molecular formula is C15H27N3O2S. The molecule has 0 saturated heterocycles. The summed E-state index contributed by atoms with van der Waals surface area (Å²) in [5.74, 6) is 0. The maximum absolute atomic E-state index is 11.4. The molecule has 0 aliphatic carbocycles. The summed E-state index contributed by atoms with van der Waals surface area (Å²) in [7, 11) is -1.08. The summed E-state index contributed by atoms with van der Waals surface area (Å²) in [6.45, 7) is 6.26. The Bertz CT molecular complexity index is 556. The fourth-order valence-electron chi connectivity index (χ4n) is 1.90. The third-order valence-electron chi connectivity index (χ3n) is 3.59. The zero-order valence-electron chi connectivity index (χ0n) is 13.4. The molecule has 0 unspecified atom stereocenters. The molecule has 0 aromatic heterocycles. The number of benzene rings is 1. The van der Waals surface area contributed by atoms with Crippen LogP contribution in [0, 0.1) is 0 Å². The molecule has 0 heterocycles. The molecule has 5 nitrogen and oxygen atoms in total. The van der Waals surface area contributed by atoms with E-state index in [1.54, 1.807) is 12.1 Å². The molecule has 1 rings (SSSR count). The highest BCUT2D eigenvalue weighted by atomic mass is 32.2. The molecule has 0 aliphatic rings. The van der Waals surface area contributed by atoms with Crippen LogP contribution in [-0.2, 0) is 9.84 Å². The number of hydrogen-bond acceptors (Lipinski definition) is 5. The number of sulfone groups is 1. The number of hydrogen-bond donors (Lipinski definition) is 2. The second-order valence-corrected chi connectivity index (χ2v) is 7.75. The number of unbranched alkanes of at least 4 members (excludes halogenated alkanes) is 1. The Kier molecular flexibility index (Phi) is 6.48. The molecule has 21 heavy (non-hydrogen) atoms. The van der Waals surface area contributed by atoms with Crippen molar-refractivity contribution in [1.82, 2.24) is 4.90 Å². The normalized spacial score (nSPS) is 12.1. The van der Waals surface area contributed by atoms with Crippen molar-refractivity contribution in [3.63, 3.8) is 0 Å². The summed E-state index contributed by atoms with van der Waals surface area (Å²) in [6.07, 6.45) is 3.34. The first-order valence-corrected chi connectivity index (χ1v) is 9.14. The van der Waals surface area contributed by atoms with E-state index in [4.69, 9.17) is 5.73 Å². The lowest BCUT2D eigenvalue weighted by Gasteiger charge is -2.20. The van der Waals surface area contributed by atoms with Crippen molar-refractivity contribution < 1.29 is 8.42 Å². The Balaban J connectivity index is 2.43. The lowest BCUT2D eigenvalue weighted by atomic mass is 10.2. The predicted molar refractivity (Wildman–Crippen MR) is 89.5 cm³/mol. The minimum atomic E-state index is -3.20. The van der Waals surface area contributed by atoms with Gasteiger partial charge in [-0.05, 0) is 58.5 Å². The maximum Gasteiger partial charge on any atom is 0.175 e. The van der Waals surface area contributed by atoms with Gasteiger partial charge in [0.2, 0.25) is 0 Å². The maximum atomic E-state index is 11.4. The Morgan fingerprint density at radius 3 is 2.48 bits per heavy atom. The van der Waals surface area contributed by atoms with Crippen LogP contribution in [0.3, 0.4) is 0 Å². The van der Waals surface area contributed by atoms with Crippen molar-refractivity contribution in [3.8, 4) is 0 Å². The fourth-order valence-corrected chi connectivity index (χ4v) is 2.56. The summed E-state index contributed by atoms with van der Waals surface area (Å²) in [5.41, 5.74) is 7.15. The van der Waals surface area contributed by atoms with Gasteiger partial charge in [0.05, 0.1) is 16.3 Å². The second-order valence-electron chi connectivity index (χ2n) is 5.73. The van der Waals surface area contributed by atoms with Gasteiger partial charge in [0.25, 0.3) is 0 Å². The molecule has 0 fully saturated rings. The summed E-state index contributed by atoms with van der Waals surface area (Å²) in [5, 5.41) is 3.26. The Labute approximate surface area is 128 Å². The first-order chi connectivity index (χ1) is 9.71. The number of nitrogens with one attached hydrogen (secondary N) is 1. The van der Waals surface area contributed by atoms with E-state index >= 15 is 0 Å². The zero-order chi connectivity index (χ0) is 16.0. The van der Waals surface area contributed by atoms with E-state index in [0.717, 1.165) is 31.6 Å². The van der Waals surface area contributed by atoms with E-state index < -0.39 is 9.84 Å². The number of nitrogen functional groups attached to an aromatic ring is 1. The molecule has 3 N–H and O–H groups in total. The largest absolute Gasteiger partial charge is 0.397 e. The van der Waals surface area contributed by atoms with Crippen LogP contribution in [0.15, 0.2) is 23.1 Å². The van der Waals surface area contributed by atoms with Crippen LogP contribution in [0.2, 0.25) is 0 Å². The van der Waals surface area contributed by atoms with Gasteiger partial charge >= 0.3 is 0 Å². The van der Waals surface area contributed by atoms with E-state index in [1.807, 2.05) is 0 Å². The molecule has 0 saturated carbocycles. The Hall–Kier alpha value is -1.27. The van der Waals surface area contributed by atoms with E-state index in [9.17, 15) is 8.42 Å². The first kappa shape index (κ1) is 17.8. The topological polar surface area (TPSA) is 75.4 Å². The van der Waals surface area contributed by atoms with E-state index in [0.29, 0.717) is 11.7 Å². The van der Waals surface area contributed by atoms with E-state index in [2.05, 4.69) is 31.1 Å². The average molecular weight is 313 g/mol. The minimum absolute atomic E-state index is 0.254. The molecule has 0 spiro atoms. The highest BCUT2D eigenvalue weighted by Gasteiger charge is 2.09. The Morgan fingerprint density at radius 2 is 1.95 bits per heavy atom. The van der Waals surface area contributed by atoms with Crippen LogP contribution < -0.4 is 11.1 Å². The molecular weight excluding hydrogens is 286 g/mol. The van der Waals surface area contributed by atoms with Crippen molar-refractivity contribution in [3.05, 3.63) is 18.2 Å². The summed E-state index contributed by atoms with van der Waals surface area (Å²) in [6, 6.07) is 5.38. The predicted octanol–water partition coefficient (Wildman–Crippen LogP) is 2.20. The van der Waals surface area contributed by atoms with Gasteiger partial charge in [-0.15, -0.1) is 0 Å². The molecule has 6 heteroatoms. The minimum Gasteiger partial charge on any atom is -0.397 e. The highest BCUT2D eigenvalue weighted by Crippen LogP contribution is 2.22. The van der Waals surface area contributed by atoms with Gasteiger partial charge in [0, 0.05) is 18.8 Å². The van der Waals surface area contributed by atoms with Gasteiger partial charge in [-0.25, -0.2) is 8.42 Å². The first-order valence-electron chi connectivity index (χ1n) is 7.25. The third kappa shape index (κ3) is 5.93. The van der Waals surface area contributed by atoms with Gasteiger partial charge in [-0.2, -0.15) is 0 Å². The van der Waals surface area contributed by atoms with Gasteiger partial charge in [0.15, 0.2) is 9.84 Å². The van der Waals surface area contributed by atoms with Crippen molar-refractivity contribution in [1.29, 1.82) is 0 Å². The van der Waals surface area contributed by atoms with Crippen LogP contribution in [0.4, 0.5) is 11.4 Å². The van der Waals surface area contributed by atoms with Crippen molar-refractivity contribution in [2.45, 2.75) is 37.6 Å². The quantitative estimate of drug-likeness (QED) is 0.568. The van der Waals surface area contributed by atoms with Crippen molar-refractivity contribution >= 4 is 21.2 Å². The molecule has 0 bridgehead atoms. The monoisotopic (exact) mass is 313 g/mol. The molecule has 0 amide bonds. The number of rotatable bonds is 8. The highest BCUT2D eigenvalue weighted by molar-refractivity contribution is 7.90. The standard InChI is InChI=1S/C15H27N3O2S/c1-12(2)18(3)10-6-5-9-17-15-8-7-13(11-14(15)16)21(4,19)20/h7-8,11-12,17H,5-6,9-10,16H2,1-4H3. The summed E-state index contributed by atoms with van der Waals surface area (Å²) >= 11 is 0. The molecule has 0 atom stereocenters. The smallest absolute Gasteiger partial charge is 0.175 e. The lowest BCUT2D eigenvalue weighted by Crippen LogP contribution is -2.27. The van der Waals surface area contributed by atoms with Gasteiger partial charge < -0.3 is 16.0 Å². The Morgan fingerprint density at radius 1 is 1.29 bits per heavy atom. The van der Waals surface area contributed by atoms with Crippen LogP contribution in [0.5, 0.6) is 0 Å². The summed E-state index contributed by atoms with van der Waals surface area (Å²) < 4.78 is 22.9. The third-order valence-corrected chi connectivity index (χ3v) is 4.70. The number of nitrogens with two attached hydrogens (primary N) is 1. The molecule has 0 aliphatic heterocycles. The molecule has 1 aromatic rings. The van der Waals surface area contributed by atoms with Crippen LogP contribution >= 0.6 is 0 Å². The number of anilines is 2. The SMILES string of the molecule is CC(C)N(C)CCCCNc1ccc(S(C)(=O)=O)cc1N. The van der Waals surface area contributed by atoms with E-state index in [1.165, 1.54) is 12.3 Å².